The van der Waals surface area contributed by atoms with Crippen LogP contribution in [-0.4, -0.2) is 65.4 Å². The van der Waals surface area contributed by atoms with E-state index in [0.717, 1.165) is 30.9 Å². The zero-order valence-corrected chi connectivity index (χ0v) is 18.7. The van der Waals surface area contributed by atoms with Crippen LogP contribution in [0.2, 0.25) is 0 Å². The van der Waals surface area contributed by atoms with Crippen LogP contribution in [0.25, 0.3) is 0 Å². The van der Waals surface area contributed by atoms with E-state index in [1.807, 2.05) is 32.9 Å². The summed E-state index contributed by atoms with van der Waals surface area (Å²) in [6.07, 6.45) is 3.16. The summed E-state index contributed by atoms with van der Waals surface area (Å²) < 4.78 is 11.2. The molecule has 3 heterocycles. The second-order valence-electron chi connectivity index (χ2n) is 9.24. The van der Waals surface area contributed by atoms with Crippen LogP contribution in [0.5, 0.6) is 0 Å². The highest BCUT2D eigenvalue weighted by atomic mass is 16.6. The van der Waals surface area contributed by atoms with Gasteiger partial charge in [0.05, 0.1) is 12.2 Å². The van der Waals surface area contributed by atoms with Crippen LogP contribution in [0.4, 0.5) is 10.6 Å². The molecule has 1 aromatic rings. The number of rotatable bonds is 4. The predicted octanol–water partition coefficient (Wildman–Crippen LogP) is 2.71. The minimum Gasteiger partial charge on any atom is -0.444 e. The third-order valence-corrected chi connectivity index (χ3v) is 5.20. The molecule has 0 aromatic carbocycles. The van der Waals surface area contributed by atoms with Gasteiger partial charge in [0.1, 0.15) is 17.5 Å². The molecule has 0 spiro atoms. The van der Waals surface area contributed by atoms with Crippen LogP contribution < -0.4 is 10.2 Å². The third-order valence-electron chi connectivity index (χ3n) is 5.20. The maximum absolute atomic E-state index is 12.7. The number of pyridine rings is 1. The van der Waals surface area contributed by atoms with Gasteiger partial charge in [0.25, 0.3) is 0 Å². The number of ether oxygens (including phenoxy) is 2. The Bertz CT molecular complexity index is 736. The standard InChI is InChI=1S/C22H34N4O4/c1-15-13-25(14-16(2)29-15)19-9-8-17(11-23-19)12-24-20(27)18-7-6-10-26(18)21(28)30-22(3,4)5/h8-9,11,15-16,18H,6-7,10,12-14H2,1-5H3,(H,24,27)/t15?,16?,18-/m0/s1. The van der Waals surface area contributed by atoms with Gasteiger partial charge in [0.15, 0.2) is 0 Å². The highest BCUT2D eigenvalue weighted by Crippen LogP contribution is 2.22. The van der Waals surface area contributed by atoms with Gasteiger partial charge >= 0.3 is 6.09 Å². The maximum atomic E-state index is 12.7. The highest BCUT2D eigenvalue weighted by molar-refractivity contribution is 5.86. The molecule has 8 heteroatoms. The van der Waals surface area contributed by atoms with Gasteiger partial charge in [0, 0.05) is 32.4 Å². The summed E-state index contributed by atoms with van der Waals surface area (Å²) in [5.41, 5.74) is 0.341. The van der Waals surface area contributed by atoms with E-state index < -0.39 is 17.7 Å². The molecule has 3 rings (SSSR count). The number of anilines is 1. The second-order valence-corrected chi connectivity index (χ2v) is 9.24. The quantitative estimate of drug-likeness (QED) is 0.809. The lowest BCUT2D eigenvalue weighted by molar-refractivity contribution is -0.125. The molecular formula is C22H34N4O4. The lowest BCUT2D eigenvalue weighted by Crippen LogP contribution is -2.47. The fourth-order valence-corrected chi connectivity index (χ4v) is 3.96. The van der Waals surface area contributed by atoms with Gasteiger partial charge in [-0.1, -0.05) is 6.07 Å². The molecule has 1 aromatic heterocycles. The summed E-state index contributed by atoms with van der Waals surface area (Å²) >= 11 is 0. The van der Waals surface area contributed by atoms with Crippen molar-refractivity contribution in [3.63, 3.8) is 0 Å². The molecular weight excluding hydrogens is 384 g/mol. The number of carbonyl (C=O) groups is 2. The average molecular weight is 419 g/mol. The van der Waals surface area contributed by atoms with Crippen molar-refractivity contribution < 1.29 is 19.1 Å². The molecule has 0 radical (unpaired) electrons. The first-order valence-corrected chi connectivity index (χ1v) is 10.7. The van der Waals surface area contributed by atoms with Crippen molar-refractivity contribution in [3.8, 4) is 0 Å². The Morgan fingerprint density at radius 2 is 1.93 bits per heavy atom. The van der Waals surface area contributed by atoms with E-state index in [-0.39, 0.29) is 18.1 Å². The Morgan fingerprint density at radius 1 is 1.23 bits per heavy atom. The van der Waals surface area contributed by atoms with E-state index in [9.17, 15) is 9.59 Å². The number of hydrogen-bond acceptors (Lipinski definition) is 6. The first kappa shape index (κ1) is 22.3. The molecule has 2 fully saturated rings. The van der Waals surface area contributed by atoms with Crippen molar-refractivity contribution >= 4 is 17.8 Å². The van der Waals surface area contributed by atoms with E-state index in [2.05, 4.69) is 29.0 Å². The van der Waals surface area contributed by atoms with E-state index in [1.165, 1.54) is 4.90 Å². The molecule has 1 N–H and O–H groups in total. The van der Waals surface area contributed by atoms with E-state index >= 15 is 0 Å². The van der Waals surface area contributed by atoms with Crippen molar-refractivity contribution in [2.24, 2.45) is 0 Å². The largest absolute Gasteiger partial charge is 0.444 e. The minimum atomic E-state index is -0.579. The SMILES string of the molecule is CC1CN(c2ccc(CNC(=O)[C@@H]3CCCN3C(=O)OC(C)(C)C)cn2)CC(C)O1. The summed E-state index contributed by atoms with van der Waals surface area (Å²) in [4.78, 5) is 33.4. The molecule has 2 unspecified atom stereocenters. The first-order valence-electron chi connectivity index (χ1n) is 10.7. The average Bonchev–Trinajstić information content (AvgIpc) is 3.14. The number of morpholine rings is 1. The molecule has 0 bridgehead atoms. The Morgan fingerprint density at radius 3 is 2.53 bits per heavy atom. The molecule has 2 amide bonds. The van der Waals surface area contributed by atoms with E-state index in [0.29, 0.717) is 19.5 Å². The molecule has 2 saturated heterocycles. The zero-order chi connectivity index (χ0) is 21.9. The van der Waals surface area contributed by atoms with Gasteiger partial charge < -0.3 is 19.7 Å². The Hall–Kier alpha value is -2.35. The molecule has 8 nitrogen and oxygen atoms in total. The predicted molar refractivity (Wildman–Crippen MR) is 114 cm³/mol. The molecule has 30 heavy (non-hydrogen) atoms. The smallest absolute Gasteiger partial charge is 0.410 e. The van der Waals surface area contributed by atoms with Crippen molar-refractivity contribution in [1.29, 1.82) is 0 Å². The van der Waals surface area contributed by atoms with Gasteiger partial charge in [-0.05, 0) is 59.1 Å². The third kappa shape index (κ3) is 5.84. The van der Waals surface area contributed by atoms with Crippen LogP contribution in [0, 0.1) is 0 Å². The number of nitrogens with zero attached hydrogens (tertiary/aromatic N) is 3. The van der Waals surface area contributed by atoms with Crippen LogP contribution in [0.1, 0.15) is 53.0 Å². The minimum absolute atomic E-state index is 0.154. The number of hydrogen-bond donors (Lipinski definition) is 1. The van der Waals surface area contributed by atoms with E-state index in [1.54, 1.807) is 6.20 Å². The number of carbonyl (C=O) groups excluding carboxylic acids is 2. The Balaban J connectivity index is 1.53. The zero-order valence-electron chi connectivity index (χ0n) is 18.7. The summed E-state index contributed by atoms with van der Waals surface area (Å²) in [5.74, 6) is 0.761. The number of likely N-dealkylation sites (tertiary alicyclic amines) is 1. The lowest BCUT2D eigenvalue weighted by Gasteiger charge is -2.36. The van der Waals surface area contributed by atoms with Crippen molar-refractivity contribution in [3.05, 3.63) is 23.9 Å². The van der Waals surface area contributed by atoms with Crippen LogP contribution in [0.15, 0.2) is 18.3 Å². The summed E-state index contributed by atoms with van der Waals surface area (Å²) in [6, 6.07) is 3.48. The topological polar surface area (TPSA) is 84.0 Å². The molecule has 2 aliphatic rings. The van der Waals surface area contributed by atoms with Crippen LogP contribution in [0.3, 0.4) is 0 Å². The molecule has 166 valence electrons. The second kappa shape index (κ2) is 9.20. The number of amides is 2. The Kier molecular flexibility index (Phi) is 6.85. The van der Waals surface area contributed by atoms with Gasteiger partial charge in [-0.15, -0.1) is 0 Å². The highest BCUT2D eigenvalue weighted by Gasteiger charge is 2.36. The maximum Gasteiger partial charge on any atom is 0.410 e. The molecule has 0 aliphatic carbocycles. The Labute approximate surface area is 178 Å². The summed E-state index contributed by atoms with van der Waals surface area (Å²) in [6.45, 7) is 12.2. The van der Waals surface area contributed by atoms with Crippen molar-refractivity contribution in [2.45, 2.75) is 77.9 Å². The fraction of sp³-hybridized carbons (Fsp3) is 0.682. The van der Waals surface area contributed by atoms with Gasteiger partial charge in [-0.25, -0.2) is 9.78 Å². The number of aromatic nitrogens is 1. The van der Waals surface area contributed by atoms with Gasteiger partial charge in [-0.3, -0.25) is 9.69 Å². The first-order chi connectivity index (χ1) is 14.1. The van der Waals surface area contributed by atoms with E-state index in [4.69, 9.17) is 9.47 Å². The number of nitrogens with one attached hydrogen (secondary N) is 1. The lowest BCUT2D eigenvalue weighted by atomic mass is 10.2. The normalized spacial score (nSPS) is 24.6. The van der Waals surface area contributed by atoms with Crippen LogP contribution >= 0.6 is 0 Å². The fourth-order valence-electron chi connectivity index (χ4n) is 3.96. The van der Waals surface area contributed by atoms with Gasteiger partial charge in [0.2, 0.25) is 5.91 Å². The molecule has 3 atom stereocenters. The van der Waals surface area contributed by atoms with Crippen LogP contribution in [-0.2, 0) is 20.8 Å². The molecule has 2 aliphatic heterocycles. The summed E-state index contributed by atoms with van der Waals surface area (Å²) in [5, 5.41) is 2.94. The van der Waals surface area contributed by atoms with Gasteiger partial charge in [-0.2, -0.15) is 0 Å². The van der Waals surface area contributed by atoms with Crippen molar-refractivity contribution in [1.82, 2.24) is 15.2 Å². The monoisotopic (exact) mass is 418 g/mol. The van der Waals surface area contributed by atoms with Crippen molar-refractivity contribution in [2.75, 3.05) is 24.5 Å². The summed E-state index contributed by atoms with van der Waals surface area (Å²) in [7, 11) is 0. The molecule has 0 saturated carbocycles.